The number of methoxy groups -OCH3 is 1. The third kappa shape index (κ3) is 5.53. The van der Waals surface area contributed by atoms with E-state index in [1.165, 1.54) is 18.4 Å². The molecule has 0 unspecified atom stereocenters. The highest BCUT2D eigenvalue weighted by Crippen LogP contribution is 2.48. The highest BCUT2D eigenvalue weighted by atomic mass is 127. The van der Waals surface area contributed by atoms with Gasteiger partial charge in [0, 0.05) is 18.5 Å². The van der Waals surface area contributed by atoms with E-state index < -0.39 is 0 Å². The van der Waals surface area contributed by atoms with Gasteiger partial charge >= 0.3 is 0 Å². The zero-order valence-electron chi connectivity index (χ0n) is 16.6. The molecule has 1 aliphatic rings. The lowest BCUT2D eigenvalue weighted by Gasteiger charge is -2.16. The van der Waals surface area contributed by atoms with Crippen LogP contribution in [0.15, 0.2) is 53.5 Å². The second kappa shape index (κ2) is 10.5. The Morgan fingerprint density at radius 1 is 1.11 bits per heavy atom. The van der Waals surface area contributed by atoms with Crippen LogP contribution in [0, 0.1) is 0 Å². The van der Waals surface area contributed by atoms with E-state index in [1.54, 1.807) is 13.2 Å². The van der Waals surface area contributed by atoms with Gasteiger partial charge in [0.15, 0.2) is 17.5 Å². The Bertz CT molecular complexity index is 777. The normalized spacial score (nSPS) is 14.7. The molecule has 0 bridgehead atoms. The predicted octanol–water partition coefficient (Wildman–Crippen LogP) is 3.85. The molecule has 0 aromatic heterocycles. The molecule has 1 aliphatic carbocycles. The van der Waals surface area contributed by atoms with Gasteiger partial charge < -0.3 is 20.5 Å². The van der Waals surface area contributed by atoms with E-state index in [2.05, 4.69) is 47.9 Å². The molecule has 5 nitrogen and oxygen atoms in total. The molecule has 2 aromatic rings. The number of nitrogens with one attached hydrogen (secondary N) is 2. The van der Waals surface area contributed by atoms with E-state index in [1.807, 2.05) is 12.1 Å². The Balaban J connectivity index is 0.00000280. The molecule has 0 atom stereocenters. The van der Waals surface area contributed by atoms with E-state index in [9.17, 15) is 5.11 Å². The number of halogens is 1. The van der Waals surface area contributed by atoms with Crippen molar-refractivity contribution in [1.82, 2.24) is 10.6 Å². The van der Waals surface area contributed by atoms with E-state index in [0.717, 1.165) is 24.6 Å². The monoisotopic (exact) mass is 495 g/mol. The molecule has 3 rings (SSSR count). The van der Waals surface area contributed by atoms with Gasteiger partial charge in [0.2, 0.25) is 0 Å². The summed E-state index contributed by atoms with van der Waals surface area (Å²) in [5.74, 6) is 1.54. The number of phenols is 1. The number of rotatable bonds is 8. The van der Waals surface area contributed by atoms with Gasteiger partial charge in [-0.25, -0.2) is 0 Å². The third-order valence-corrected chi connectivity index (χ3v) is 5.11. The number of phenolic OH excluding ortho intramolecular Hbond substituents is 1. The molecule has 28 heavy (non-hydrogen) atoms. The fraction of sp³-hybridized carbons (Fsp3) is 0.409. The molecular formula is C22H30IN3O2. The molecule has 0 radical (unpaired) electrons. The van der Waals surface area contributed by atoms with Gasteiger partial charge in [0.25, 0.3) is 0 Å². The van der Waals surface area contributed by atoms with Crippen LogP contribution < -0.4 is 15.4 Å². The van der Waals surface area contributed by atoms with Gasteiger partial charge in [-0.15, -0.1) is 24.0 Å². The zero-order chi connectivity index (χ0) is 19.1. The molecule has 1 fully saturated rings. The smallest absolute Gasteiger partial charge is 0.191 e. The number of ether oxygens (including phenoxy) is 1. The lowest BCUT2D eigenvalue weighted by Crippen LogP contribution is -2.39. The van der Waals surface area contributed by atoms with Crippen molar-refractivity contribution < 1.29 is 9.84 Å². The first-order chi connectivity index (χ1) is 13.2. The molecule has 0 heterocycles. The first kappa shape index (κ1) is 22.3. The van der Waals surface area contributed by atoms with Gasteiger partial charge in [-0.2, -0.15) is 0 Å². The van der Waals surface area contributed by atoms with Crippen LogP contribution in [0.3, 0.4) is 0 Å². The van der Waals surface area contributed by atoms with Crippen molar-refractivity contribution in [1.29, 1.82) is 0 Å². The van der Waals surface area contributed by atoms with Crippen molar-refractivity contribution in [3.05, 3.63) is 59.7 Å². The Labute approximate surface area is 184 Å². The Hall–Kier alpha value is -1.96. The summed E-state index contributed by atoms with van der Waals surface area (Å²) in [6, 6.07) is 16.2. The first-order valence-electron chi connectivity index (χ1n) is 9.61. The van der Waals surface area contributed by atoms with Gasteiger partial charge in [0.05, 0.1) is 13.7 Å². The Morgan fingerprint density at radius 3 is 2.50 bits per heavy atom. The number of aromatic hydroxyl groups is 1. The number of guanidine groups is 1. The maximum absolute atomic E-state index is 10.2. The summed E-state index contributed by atoms with van der Waals surface area (Å²) < 4.78 is 5.17. The van der Waals surface area contributed by atoms with Gasteiger partial charge in [0.1, 0.15) is 0 Å². The van der Waals surface area contributed by atoms with Crippen LogP contribution in [-0.4, -0.2) is 37.8 Å². The van der Waals surface area contributed by atoms with Crippen molar-refractivity contribution in [3.63, 3.8) is 0 Å². The molecule has 0 saturated heterocycles. The lowest BCUT2D eigenvalue weighted by molar-refractivity contribution is 0.370. The number of aliphatic imine (C=N–C) groups is 1. The summed E-state index contributed by atoms with van der Waals surface area (Å²) >= 11 is 0. The Kier molecular flexibility index (Phi) is 8.41. The summed E-state index contributed by atoms with van der Waals surface area (Å²) in [7, 11) is 1.56. The third-order valence-electron chi connectivity index (χ3n) is 5.11. The van der Waals surface area contributed by atoms with Crippen molar-refractivity contribution in [2.75, 3.05) is 26.7 Å². The topological polar surface area (TPSA) is 65.9 Å². The maximum atomic E-state index is 10.2. The number of benzene rings is 2. The number of hydrogen-bond donors (Lipinski definition) is 3. The minimum atomic E-state index is 0. The second-order valence-corrected chi connectivity index (χ2v) is 6.99. The maximum Gasteiger partial charge on any atom is 0.191 e. The van der Waals surface area contributed by atoms with Crippen LogP contribution in [-0.2, 0) is 11.8 Å². The lowest BCUT2D eigenvalue weighted by atomic mass is 9.96. The SMILES string of the molecule is CCNC(=NCC1(c2ccccc2)CC1)NCCc1cccc(OC)c1O.I. The van der Waals surface area contributed by atoms with Crippen molar-refractivity contribution in [3.8, 4) is 11.5 Å². The molecule has 1 saturated carbocycles. The molecule has 3 N–H and O–H groups in total. The van der Waals surface area contributed by atoms with E-state index >= 15 is 0 Å². The fourth-order valence-electron chi connectivity index (χ4n) is 3.30. The molecule has 152 valence electrons. The molecule has 0 aliphatic heterocycles. The molecular weight excluding hydrogens is 465 g/mol. The minimum Gasteiger partial charge on any atom is -0.504 e. The summed E-state index contributed by atoms with van der Waals surface area (Å²) in [6.45, 7) is 4.35. The summed E-state index contributed by atoms with van der Waals surface area (Å²) in [6.07, 6.45) is 3.08. The molecule has 0 amide bonds. The van der Waals surface area contributed by atoms with Crippen LogP contribution in [0.5, 0.6) is 11.5 Å². The highest BCUT2D eigenvalue weighted by molar-refractivity contribution is 14.0. The largest absolute Gasteiger partial charge is 0.504 e. The standard InChI is InChI=1S/C22H29N3O2.HI/c1-3-23-21(24-15-12-17-8-7-11-19(27-2)20(17)26)25-16-22(13-14-22)18-9-5-4-6-10-18;/h4-11,26H,3,12-16H2,1-2H3,(H2,23,24,25);1H. The first-order valence-corrected chi connectivity index (χ1v) is 9.61. The number of hydrogen-bond acceptors (Lipinski definition) is 3. The molecule has 0 spiro atoms. The van der Waals surface area contributed by atoms with Crippen LogP contribution in [0.2, 0.25) is 0 Å². The summed E-state index contributed by atoms with van der Waals surface area (Å²) in [5.41, 5.74) is 2.45. The molecule has 2 aromatic carbocycles. The van der Waals surface area contributed by atoms with Crippen LogP contribution >= 0.6 is 24.0 Å². The van der Waals surface area contributed by atoms with E-state index in [4.69, 9.17) is 9.73 Å². The average Bonchev–Trinajstić information content (AvgIpc) is 3.49. The van der Waals surface area contributed by atoms with Crippen LogP contribution in [0.1, 0.15) is 30.9 Å². The molecule has 6 heteroatoms. The van der Waals surface area contributed by atoms with Crippen molar-refractivity contribution in [2.45, 2.75) is 31.6 Å². The predicted molar refractivity (Wildman–Crippen MR) is 125 cm³/mol. The number of para-hydroxylation sites is 1. The van der Waals surface area contributed by atoms with Gasteiger partial charge in [-0.3, -0.25) is 4.99 Å². The van der Waals surface area contributed by atoms with E-state index in [-0.39, 0.29) is 35.1 Å². The van der Waals surface area contributed by atoms with Gasteiger partial charge in [-0.05, 0) is 43.4 Å². The summed E-state index contributed by atoms with van der Waals surface area (Å²) in [5, 5.41) is 16.9. The second-order valence-electron chi connectivity index (χ2n) is 6.99. The minimum absolute atomic E-state index is 0. The van der Waals surface area contributed by atoms with Crippen molar-refractivity contribution >= 4 is 29.9 Å². The van der Waals surface area contributed by atoms with E-state index in [0.29, 0.717) is 18.7 Å². The van der Waals surface area contributed by atoms with Crippen molar-refractivity contribution in [2.24, 2.45) is 4.99 Å². The average molecular weight is 495 g/mol. The van der Waals surface area contributed by atoms with Gasteiger partial charge in [-0.1, -0.05) is 42.5 Å². The zero-order valence-corrected chi connectivity index (χ0v) is 18.9. The Morgan fingerprint density at radius 2 is 1.86 bits per heavy atom. The summed E-state index contributed by atoms with van der Waals surface area (Å²) in [4.78, 5) is 4.82. The van der Waals surface area contributed by atoms with Crippen LogP contribution in [0.25, 0.3) is 0 Å². The highest BCUT2D eigenvalue weighted by Gasteiger charge is 2.43. The number of nitrogens with zero attached hydrogens (tertiary/aromatic N) is 1. The fourth-order valence-corrected chi connectivity index (χ4v) is 3.30. The quantitative estimate of drug-likeness (QED) is 0.296. The van der Waals surface area contributed by atoms with Crippen LogP contribution in [0.4, 0.5) is 0 Å².